The molecule has 0 saturated carbocycles. The minimum absolute atomic E-state index is 0.253. The van der Waals surface area contributed by atoms with E-state index in [0.717, 1.165) is 27.1 Å². The first-order chi connectivity index (χ1) is 11.6. The Bertz CT molecular complexity index is 891. The molecule has 2 amide bonds. The van der Waals surface area contributed by atoms with Crippen molar-refractivity contribution in [2.45, 2.75) is 6.92 Å². The number of rotatable bonds is 4. The maximum Gasteiger partial charge on any atom is 0.321 e. The van der Waals surface area contributed by atoms with E-state index in [2.05, 4.69) is 15.6 Å². The zero-order valence-corrected chi connectivity index (χ0v) is 14.2. The molecule has 0 saturated heterocycles. The van der Waals surface area contributed by atoms with E-state index in [1.54, 1.807) is 13.2 Å². The first-order valence-electron chi connectivity index (χ1n) is 7.50. The number of methoxy groups -OCH3 is 1. The van der Waals surface area contributed by atoms with Crippen molar-refractivity contribution in [2.75, 3.05) is 24.7 Å². The number of hydrogen-bond donors (Lipinski definition) is 3. The second kappa shape index (κ2) is 6.76. The zero-order chi connectivity index (χ0) is 17.1. The molecule has 0 atom stereocenters. The molecule has 0 bridgehead atoms. The number of thiazole rings is 1. The van der Waals surface area contributed by atoms with E-state index in [9.17, 15) is 4.79 Å². The van der Waals surface area contributed by atoms with Gasteiger partial charge >= 0.3 is 6.03 Å². The highest BCUT2D eigenvalue weighted by Crippen LogP contribution is 2.35. The molecule has 4 N–H and O–H groups in total. The van der Waals surface area contributed by atoms with Gasteiger partial charge in [-0.1, -0.05) is 17.4 Å². The van der Waals surface area contributed by atoms with Crippen LogP contribution in [-0.4, -0.2) is 24.7 Å². The second-order valence-corrected chi connectivity index (χ2v) is 6.18. The van der Waals surface area contributed by atoms with Gasteiger partial charge < -0.3 is 15.8 Å². The van der Waals surface area contributed by atoms with Gasteiger partial charge in [-0.15, -0.1) is 0 Å². The molecule has 124 valence electrons. The van der Waals surface area contributed by atoms with Gasteiger partial charge in [0.05, 0.1) is 17.3 Å². The molecule has 0 aliphatic rings. The summed E-state index contributed by atoms with van der Waals surface area (Å²) in [4.78, 5) is 16.0. The number of hydrogen-bond acceptors (Lipinski definition) is 5. The SMILES string of the molecule is CCNC(=O)Nc1nc2ccc(-c3ccc(N)cc3OC)cc2s1. The molecule has 2 aromatic carbocycles. The maximum atomic E-state index is 11.6. The summed E-state index contributed by atoms with van der Waals surface area (Å²) in [6.07, 6.45) is 0. The highest BCUT2D eigenvalue weighted by atomic mass is 32.1. The quantitative estimate of drug-likeness (QED) is 0.631. The van der Waals surface area contributed by atoms with Gasteiger partial charge in [-0.25, -0.2) is 9.78 Å². The number of nitrogen functional groups attached to an aromatic ring is 1. The fourth-order valence-electron chi connectivity index (χ4n) is 2.39. The number of nitrogens with zero attached hydrogens (tertiary/aromatic N) is 1. The van der Waals surface area contributed by atoms with E-state index in [1.165, 1.54) is 11.3 Å². The van der Waals surface area contributed by atoms with Crippen LogP contribution in [-0.2, 0) is 0 Å². The number of fused-ring (bicyclic) bond motifs is 1. The van der Waals surface area contributed by atoms with E-state index in [-0.39, 0.29) is 6.03 Å². The third-order valence-corrected chi connectivity index (χ3v) is 4.42. The molecule has 0 fully saturated rings. The van der Waals surface area contributed by atoms with Crippen molar-refractivity contribution in [3.8, 4) is 16.9 Å². The molecule has 3 aromatic rings. The van der Waals surface area contributed by atoms with Crippen LogP contribution in [0.15, 0.2) is 36.4 Å². The van der Waals surface area contributed by atoms with Crippen LogP contribution < -0.4 is 21.1 Å². The third-order valence-electron chi connectivity index (χ3n) is 3.48. The minimum atomic E-state index is -0.253. The average molecular weight is 342 g/mol. The van der Waals surface area contributed by atoms with Crippen LogP contribution in [0.3, 0.4) is 0 Å². The molecule has 6 nitrogen and oxygen atoms in total. The number of benzene rings is 2. The van der Waals surface area contributed by atoms with Gasteiger partial charge in [-0.05, 0) is 36.8 Å². The molecular formula is C17H18N4O2S. The Morgan fingerprint density at radius 1 is 1.29 bits per heavy atom. The van der Waals surface area contributed by atoms with Crippen LogP contribution in [0, 0.1) is 0 Å². The Kier molecular flexibility index (Phi) is 4.52. The smallest absolute Gasteiger partial charge is 0.321 e. The molecule has 0 aliphatic carbocycles. The van der Waals surface area contributed by atoms with Gasteiger partial charge in [0.15, 0.2) is 5.13 Å². The molecule has 3 rings (SSSR count). The standard InChI is InChI=1S/C17H18N4O2S/c1-3-19-16(22)21-17-20-13-7-4-10(8-15(13)24-17)12-6-5-11(18)9-14(12)23-2/h4-9H,3,18H2,1-2H3,(H2,19,20,21,22). The lowest BCUT2D eigenvalue weighted by atomic mass is 10.0. The van der Waals surface area contributed by atoms with Crippen molar-refractivity contribution in [1.82, 2.24) is 10.3 Å². The minimum Gasteiger partial charge on any atom is -0.496 e. The van der Waals surface area contributed by atoms with Crippen LogP contribution in [0.25, 0.3) is 21.3 Å². The van der Waals surface area contributed by atoms with Gasteiger partial charge in [0.25, 0.3) is 0 Å². The first kappa shape index (κ1) is 16.1. The zero-order valence-electron chi connectivity index (χ0n) is 13.4. The average Bonchev–Trinajstić information content (AvgIpc) is 2.96. The van der Waals surface area contributed by atoms with Gasteiger partial charge in [0.2, 0.25) is 0 Å². The lowest BCUT2D eigenvalue weighted by molar-refractivity contribution is 0.252. The van der Waals surface area contributed by atoms with E-state index in [0.29, 0.717) is 17.4 Å². The van der Waals surface area contributed by atoms with Gasteiger partial charge in [-0.2, -0.15) is 0 Å². The van der Waals surface area contributed by atoms with Crippen molar-refractivity contribution < 1.29 is 9.53 Å². The summed E-state index contributed by atoms with van der Waals surface area (Å²) in [6.45, 7) is 2.43. The van der Waals surface area contributed by atoms with Crippen molar-refractivity contribution in [2.24, 2.45) is 0 Å². The fourth-order valence-corrected chi connectivity index (χ4v) is 3.29. The first-order valence-corrected chi connectivity index (χ1v) is 8.31. The summed E-state index contributed by atoms with van der Waals surface area (Å²) in [5.74, 6) is 0.722. The van der Waals surface area contributed by atoms with E-state index in [1.807, 2.05) is 37.3 Å². The summed E-state index contributed by atoms with van der Waals surface area (Å²) in [7, 11) is 1.62. The van der Waals surface area contributed by atoms with Crippen molar-refractivity contribution in [1.29, 1.82) is 0 Å². The Labute approximate surface area is 143 Å². The van der Waals surface area contributed by atoms with E-state index in [4.69, 9.17) is 10.5 Å². The number of anilines is 2. The summed E-state index contributed by atoms with van der Waals surface area (Å²) >= 11 is 1.43. The highest BCUT2D eigenvalue weighted by Gasteiger charge is 2.11. The topological polar surface area (TPSA) is 89.3 Å². The number of ether oxygens (including phenoxy) is 1. The van der Waals surface area contributed by atoms with Crippen molar-refractivity contribution in [3.63, 3.8) is 0 Å². The lowest BCUT2D eigenvalue weighted by Crippen LogP contribution is -2.28. The van der Waals surface area contributed by atoms with Crippen molar-refractivity contribution >= 4 is 38.4 Å². The Balaban J connectivity index is 1.95. The van der Waals surface area contributed by atoms with Crippen molar-refractivity contribution in [3.05, 3.63) is 36.4 Å². The van der Waals surface area contributed by atoms with Crippen LogP contribution in [0.1, 0.15) is 6.92 Å². The number of aromatic nitrogens is 1. The molecule has 0 spiro atoms. The van der Waals surface area contributed by atoms with E-state index < -0.39 is 0 Å². The number of amides is 2. The van der Waals surface area contributed by atoms with Crippen LogP contribution in [0.5, 0.6) is 5.75 Å². The monoisotopic (exact) mass is 342 g/mol. The predicted octanol–water partition coefficient (Wildman–Crippen LogP) is 3.70. The van der Waals surface area contributed by atoms with Crippen LogP contribution in [0.4, 0.5) is 15.6 Å². The molecule has 24 heavy (non-hydrogen) atoms. The fraction of sp³-hybridized carbons (Fsp3) is 0.176. The summed E-state index contributed by atoms with van der Waals surface area (Å²) in [6, 6.07) is 11.3. The Hall–Kier alpha value is -2.80. The van der Waals surface area contributed by atoms with Gasteiger partial charge in [-0.3, -0.25) is 5.32 Å². The number of nitrogens with one attached hydrogen (secondary N) is 2. The Morgan fingerprint density at radius 3 is 2.88 bits per heavy atom. The van der Waals surface area contributed by atoms with E-state index >= 15 is 0 Å². The number of carbonyl (C=O) groups is 1. The summed E-state index contributed by atoms with van der Waals surface area (Å²) < 4.78 is 6.40. The Morgan fingerprint density at radius 2 is 2.12 bits per heavy atom. The molecule has 0 aliphatic heterocycles. The molecule has 1 aromatic heterocycles. The van der Waals surface area contributed by atoms with Crippen LogP contribution in [0.2, 0.25) is 0 Å². The van der Waals surface area contributed by atoms with Crippen LogP contribution >= 0.6 is 11.3 Å². The second-order valence-electron chi connectivity index (χ2n) is 5.15. The third kappa shape index (κ3) is 3.26. The summed E-state index contributed by atoms with van der Waals surface area (Å²) in [5, 5.41) is 5.99. The highest BCUT2D eigenvalue weighted by molar-refractivity contribution is 7.22. The lowest BCUT2D eigenvalue weighted by Gasteiger charge is -2.09. The number of urea groups is 1. The number of carbonyl (C=O) groups excluding carboxylic acids is 1. The number of nitrogens with two attached hydrogens (primary N) is 1. The summed E-state index contributed by atoms with van der Waals surface area (Å²) in [5.41, 5.74) is 9.27. The molecule has 0 radical (unpaired) electrons. The molecule has 7 heteroatoms. The predicted molar refractivity (Wildman–Crippen MR) is 98.7 cm³/mol. The van der Waals surface area contributed by atoms with Gasteiger partial charge in [0.1, 0.15) is 5.75 Å². The largest absolute Gasteiger partial charge is 0.496 e. The molecular weight excluding hydrogens is 324 g/mol. The maximum absolute atomic E-state index is 11.6. The van der Waals surface area contributed by atoms with Gasteiger partial charge in [0, 0.05) is 23.9 Å². The molecule has 0 unspecified atom stereocenters. The normalized spacial score (nSPS) is 10.6. The molecule has 1 heterocycles.